The first-order valence-electron chi connectivity index (χ1n) is 52.6. The van der Waals surface area contributed by atoms with Crippen LogP contribution in [0.2, 0.25) is 0 Å². The first-order valence-corrected chi connectivity index (χ1v) is 53.5. The van der Waals surface area contributed by atoms with Gasteiger partial charge < -0.3 is 37.3 Å². The lowest BCUT2D eigenvalue weighted by atomic mass is 9.91. The molecule has 0 unspecified atom stereocenters. The zero-order valence-electron chi connectivity index (χ0n) is 95.4. The molecule has 1 amide bonds. The van der Waals surface area contributed by atoms with E-state index in [-0.39, 0.29) is 22.6 Å². The molecule has 0 spiro atoms. The van der Waals surface area contributed by atoms with Crippen LogP contribution in [0.1, 0.15) is 254 Å². The summed E-state index contributed by atoms with van der Waals surface area (Å²) in [6.45, 7) is 65.0. The zero-order valence-corrected chi connectivity index (χ0v) is 96.2. The molecule has 1 aliphatic carbocycles. The van der Waals surface area contributed by atoms with Crippen LogP contribution >= 0.6 is 11.3 Å². The molecular weight excluding hydrogens is 1830 g/mol. The van der Waals surface area contributed by atoms with Crippen molar-refractivity contribution in [2.24, 2.45) is 28.2 Å². The van der Waals surface area contributed by atoms with E-state index in [0.717, 1.165) is 61.4 Å². The van der Waals surface area contributed by atoms with Gasteiger partial charge in [0.2, 0.25) is 5.91 Å². The number of nitrogens with zero attached hydrogens (tertiary/aromatic N) is 15. The lowest BCUT2D eigenvalue weighted by Gasteiger charge is -2.16. The highest BCUT2D eigenvalue weighted by Gasteiger charge is 2.14. The molecule has 0 saturated carbocycles. The minimum atomic E-state index is -0.0799. The average Bonchev–Trinajstić information content (AvgIpc) is 1.71. The van der Waals surface area contributed by atoms with Gasteiger partial charge in [-0.2, -0.15) is 5.10 Å². The third-order valence-electron chi connectivity index (χ3n) is 20.0. The van der Waals surface area contributed by atoms with Crippen molar-refractivity contribution in [3.63, 3.8) is 0 Å². The van der Waals surface area contributed by atoms with Crippen LogP contribution in [0.15, 0.2) is 305 Å². The normalized spacial score (nSPS) is 10.6. The number of carbonyl (C=O) groups excluding carboxylic acids is 1. The molecule has 19 aromatic rings. The number of anilines is 1. The van der Waals surface area contributed by atoms with Crippen LogP contribution < -0.4 is 22.0 Å². The molecule has 23 heteroatoms. The number of hydrogen-bond acceptors (Lipinski definition) is 16. The van der Waals surface area contributed by atoms with Crippen molar-refractivity contribution in [3.05, 3.63) is 374 Å². The maximum Gasteiger partial charge on any atom is 0.271 e. The summed E-state index contributed by atoms with van der Waals surface area (Å²) in [4.78, 5) is 80.7. The number of H-pyrrole nitrogens is 1. The van der Waals surface area contributed by atoms with Gasteiger partial charge in [-0.1, -0.05) is 304 Å². The summed E-state index contributed by atoms with van der Waals surface area (Å²) in [5.41, 5.74) is 21.3. The molecule has 0 atom stereocenters. The van der Waals surface area contributed by atoms with Crippen molar-refractivity contribution >= 4 is 104 Å². The molecule has 1 saturated heterocycles. The van der Waals surface area contributed by atoms with Gasteiger partial charge in [0.15, 0.2) is 5.65 Å². The monoisotopic (exact) mass is 2000 g/mol. The van der Waals surface area contributed by atoms with Crippen LogP contribution in [0.3, 0.4) is 0 Å². The number of nitrogens with one attached hydrogen (secondary N) is 2. The Bertz CT molecular complexity index is 6440. The van der Waals surface area contributed by atoms with Gasteiger partial charge in [-0.05, 0) is 238 Å². The second-order valence-electron chi connectivity index (χ2n) is 30.0. The first-order chi connectivity index (χ1) is 71.1. The Kier molecular flexibility index (Phi) is 75.5. The first kappa shape index (κ1) is 134. The SMILES string of the molecule is CC.CC.CC.CC.CC.CC.CC.CC.CC.CC.CC.CC.CN1CCCC1.Cc1cc2ccccc2cn1.Cc1ccc2c(c1)CCC(=O)N2.Cc1ccc2c(c1)CCCC2.Cc1ccc2ccccc2n1.Cc1ccc2ncccc2c1.Cc1ccoc1.Cc1cnc2ccccn12.Cn1cnc2[nH]ncc2c1=O.Cn1cnc2ccccc21.Cn1cnc2ccccc2c1=O.Cn1cnc2ccsc2c1=O. The third-order valence-corrected chi connectivity index (χ3v) is 20.9. The number of para-hydroxylation sites is 4. The largest absolute Gasteiger partial charge is 0.472 e. The Morgan fingerprint density at radius 3 is 1.47 bits per heavy atom. The molecule has 3 aliphatic rings. The van der Waals surface area contributed by atoms with Crippen molar-refractivity contribution in [1.29, 1.82) is 0 Å². The van der Waals surface area contributed by atoms with Crippen molar-refractivity contribution < 1.29 is 9.21 Å². The summed E-state index contributed by atoms with van der Waals surface area (Å²) in [5, 5.41) is 17.1. The number of fused-ring (bicyclic) bond motifs is 10. The summed E-state index contributed by atoms with van der Waals surface area (Å²) >= 11 is 1.43. The number of hydrogen-bond donors (Lipinski definition) is 2. The number of imidazole rings is 2. The van der Waals surface area contributed by atoms with E-state index < -0.39 is 0 Å². The molecule has 2 aliphatic heterocycles. The molecule has 2 N–H and O–H groups in total. The number of aromatic nitrogens is 15. The van der Waals surface area contributed by atoms with Gasteiger partial charge in [-0.25, -0.2) is 24.9 Å². The molecule has 0 bridgehead atoms. The minimum absolute atomic E-state index is 0.000556. The molecule has 1 fully saturated rings. The van der Waals surface area contributed by atoms with E-state index in [1.807, 2.05) is 369 Å². The highest BCUT2D eigenvalue weighted by atomic mass is 32.1. The number of thiophene rings is 1. The second-order valence-corrected chi connectivity index (χ2v) is 30.9. The summed E-state index contributed by atoms with van der Waals surface area (Å²) in [6, 6.07) is 71.0. The van der Waals surface area contributed by atoms with E-state index >= 15 is 0 Å². The number of aromatic amines is 1. The fraction of sp³-hybridized carbons (Fsp3) is 0.374. The van der Waals surface area contributed by atoms with E-state index in [4.69, 9.17) is 4.42 Å². The van der Waals surface area contributed by atoms with E-state index in [1.165, 1.54) is 162 Å². The quantitative estimate of drug-likeness (QED) is 0.143. The predicted octanol–water partition coefficient (Wildman–Crippen LogP) is 31.8. The third kappa shape index (κ3) is 48.1. The van der Waals surface area contributed by atoms with Crippen LogP contribution in [0.25, 0.3) is 81.4 Å². The van der Waals surface area contributed by atoms with Crippen LogP contribution in [0.4, 0.5) is 5.69 Å². The van der Waals surface area contributed by atoms with Crippen LogP contribution in [0.5, 0.6) is 0 Å². The predicted molar refractivity (Wildman–Crippen MR) is 633 cm³/mol. The molecule has 7 aromatic carbocycles. The minimum Gasteiger partial charge on any atom is -0.472 e. The number of furan rings is 1. The molecule has 12 aromatic heterocycles. The number of amides is 1. The van der Waals surface area contributed by atoms with Crippen LogP contribution in [-0.4, -0.2) is 104 Å². The smallest absolute Gasteiger partial charge is 0.271 e. The average molecular weight is 2010 g/mol. The van der Waals surface area contributed by atoms with Crippen molar-refractivity contribution in [2.75, 3.05) is 25.5 Å². The van der Waals surface area contributed by atoms with E-state index in [1.54, 1.807) is 50.9 Å². The highest BCUT2D eigenvalue weighted by Crippen LogP contribution is 2.25. The molecule has 790 valence electrons. The van der Waals surface area contributed by atoms with E-state index in [2.05, 4.69) is 171 Å². The van der Waals surface area contributed by atoms with Crippen LogP contribution in [0, 0.1) is 48.5 Å². The number of aryl methyl sites for hydroxylation is 14. The number of likely N-dealkylation sites (tertiary alicyclic amines) is 1. The van der Waals surface area contributed by atoms with Crippen LogP contribution in [-0.2, 0) is 52.2 Å². The number of rotatable bonds is 0. The van der Waals surface area contributed by atoms with Crippen molar-refractivity contribution in [2.45, 2.75) is 266 Å². The van der Waals surface area contributed by atoms with Gasteiger partial charge in [-0.15, -0.1) is 11.3 Å². The fourth-order valence-corrected chi connectivity index (χ4v) is 14.1. The topological polar surface area (TPSA) is 253 Å². The number of pyridine rings is 4. The second kappa shape index (κ2) is 82.3. The standard InChI is InChI=1S/C11H14.C10H11NO.3C10H9N.C9H8N2O.2C8H8N2.C7H6N2OS.C6H6N4O.C5H11N.C5H6O.12C2H6/c1-9-6-7-10-4-2-3-5-11(10)8-9;1-7-2-4-9-8(6-7)3-5-10(12)11-9;1-8-4-5-10-9(7-8)3-2-6-11-10;1-8-6-9-4-2-3-5-10(9)7-11-8;1-8-6-7-9-4-2-3-5-10(9)11-8;1-11-6-10-8-5-3-2-4-7(8)9(11)12;1-10-6-9-7-4-2-3-5-8(7)10;1-7-6-9-8-4-2-3-5-10(7)8;1-9-4-8-5-2-3-11-6(5)7(9)10;1-10-3-7-5-4(6(10)11)2-8-9-5;1-6-4-2-3-5-6;1-5-2-3-6-4-5;12*1-2/h6-8H,2-5H2,1H3;2,4,6H,3,5H2,1H3,(H,11,12);3*2-7H,1H3;2-6H,1H3;2*2-6H,1H3;2-4H,1H3;2-3H,1H3,(H,8,9);2-5H2,1H3;2-4H,1H3;12*1-2H3. The number of carbonyl (C=O) groups is 1. The van der Waals surface area contributed by atoms with Crippen molar-refractivity contribution in [1.82, 2.24) is 77.6 Å². The molecule has 0 radical (unpaired) electrons. The molecule has 22 nitrogen and oxygen atoms in total. The summed E-state index contributed by atoms with van der Waals surface area (Å²) in [5.74, 6) is 0.131. The lowest BCUT2D eigenvalue weighted by Crippen LogP contribution is -2.18. The summed E-state index contributed by atoms with van der Waals surface area (Å²) in [6.07, 6.45) is 28.5. The van der Waals surface area contributed by atoms with E-state index in [0.29, 0.717) is 22.8 Å². The Morgan fingerprint density at radius 2 is 0.870 bits per heavy atom. The van der Waals surface area contributed by atoms with Gasteiger partial charge in [0.05, 0.1) is 82.5 Å². The zero-order chi connectivity index (χ0) is 110. The highest BCUT2D eigenvalue weighted by molar-refractivity contribution is 7.17. The Balaban J connectivity index is 0. The lowest BCUT2D eigenvalue weighted by molar-refractivity contribution is -0.116. The van der Waals surface area contributed by atoms with Gasteiger partial charge in [0.1, 0.15) is 15.7 Å². The molecule has 14 heterocycles. The van der Waals surface area contributed by atoms with E-state index in [9.17, 15) is 19.2 Å². The maximum atomic E-state index is 11.5. The molecule has 22 rings (SSSR count). The molecular formula is C123H177N17O5S. The Labute approximate surface area is 878 Å². The van der Waals surface area contributed by atoms with Gasteiger partial charge >= 0.3 is 0 Å². The van der Waals surface area contributed by atoms with Gasteiger partial charge in [0.25, 0.3) is 16.7 Å². The van der Waals surface area contributed by atoms with Crippen molar-refractivity contribution in [3.8, 4) is 0 Å². The Hall–Kier alpha value is -14.0. The molecule has 146 heavy (non-hydrogen) atoms. The summed E-state index contributed by atoms with van der Waals surface area (Å²) in [7, 11) is 9.22. The Morgan fingerprint density at radius 1 is 0.349 bits per heavy atom. The number of benzene rings is 7. The van der Waals surface area contributed by atoms with Gasteiger partial charge in [-0.3, -0.25) is 39.2 Å². The van der Waals surface area contributed by atoms with Gasteiger partial charge in [0, 0.05) is 98.3 Å². The maximum absolute atomic E-state index is 11.5. The fourth-order valence-electron chi connectivity index (χ4n) is 13.3. The summed E-state index contributed by atoms with van der Waals surface area (Å²) < 4.78 is 13.9.